The Bertz CT molecular complexity index is 323. The number of benzene rings is 1. The Morgan fingerprint density at radius 2 is 2.00 bits per heavy atom. The number of carbonyl (C=O) groups is 1. The second-order valence-electron chi connectivity index (χ2n) is 3.38. The lowest BCUT2D eigenvalue weighted by atomic mass is 9.97. The van der Waals surface area contributed by atoms with Crippen molar-refractivity contribution in [3.05, 3.63) is 35.4 Å². The molecule has 0 spiro atoms. The van der Waals surface area contributed by atoms with Crippen molar-refractivity contribution in [2.24, 2.45) is 0 Å². The average Bonchev–Trinajstić information content (AvgIpc) is 2.18. The van der Waals surface area contributed by atoms with Crippen LogP contribution in [0.25, 0.3) is 0 Å². The first kappa shape index (κ1) is 11.1. The Hall–Kier alpha value is -0.960. The highest BCUT2D eigenvalue weighted by Crippen LogP contribution is 2.19. The minimum Gasteiger partial charge on any atom is -0.296 e. The summed E-state index contributed by atoms with van der Waals surface area (Å²) < 4.78 is 2.73. The molecule has 0 atom stereocenters. The molecule has 1 aromatic rings. The van der Waals surface area contributed by atoms with Gasteiger partial charge in [-0.3, -0.25) is 9.52 Å². The van der Waals surface area contributed by atoms with E-state index in [9.17, 15) is 4.79 Å². The Morgan fingerprint density at radius 1 is 1.36 bits per heavy atom. The molecule has 0 aliphatic heterocycles. The van der Waals surface area contributed by atoms with Gasteiger partial charge in [-0.2, -0.15) is 0 Å². The van der Waals surface area contributed by atoms with E-state index < -0.39 is 0 Å². The summed E-state index contributed by atoms with van der Waals surface area (Å²) >= 11 is 1.33. The molecular weight excluding hydrogens is 194 g/mol. The lowest BCUT2D eigenvalue weighted by Crippen LogP contribution is -2.17. The van der Waals surface area contributed by atoms with Gasteiger partial charge in [-0.1, -0.05) is 44.0 Å². The van der Waals surface area contributed by atoms with Gasteiger partial charge in [0.2, 0.25) is 0 Å². The number of carbonyl (C=O) groups excluding carboxylic acids is 1. The van der Waals surface area contributed by atoms with Crippen LogP contribution in [-0.4, -0.2) is 12.2 Å². The van der Waals surface area contributed by atoms with Crippen molar-refractivity contribution in [1.29, 1.82) is 0 Å². The fourth-order valence-corrected chi connectivity index (χ4v) is 1.65. The first-order valence-corrected chi connectivity index (χ1v) is 5.81. The zero-order valence-electron chi connectivity index (χ0n) is 8.70. The van der Waals surface area contributed by atoms with E-state index in [4.69, 9.17) is 0 Å². The molecule has 2 nitrogen and oxygen atoms in total. The first-order valence-electron chi connectivity index (χ1n) is 4.59. The smallest absolute Gasteiger partial charge is 0.261 e. The van der Waals surface area contributed by atoms with Gasteiger partial charge >= 0.3 is 0 Å². The number of nitrogens with one attached hydrogen (secondary N) is 1. The highest BCUT2D eigenvalue weighted by atomic mass is 32.2. The molecule has 0 aromatic heterocycles. The van der Waals surface area contributed by atoms with Crippen LogP contribution in [0, 0.1) is 0 Å². The lowest BCUT2D eigenvalue weighted by Gasteiger charge is -2.11. The van der Waals surface area contributed by atoms with Gasteiger partial charge in [-0.05, 0) is 17.5 Å². The highest BCUT2D eigenvalue weighted by molar-refractivity contribution is 7.97. The lowest BCUT2D eigenvalue weighted by molar-refractivity contribution is 0.0983. The van der Waals surface area contributed by atoms with E-state index >= 15 is 0 Å². The van der Waals surface area contributed by atoms with Crippen molar-refractivity contribution in [2.75, 3.05) is 6.26 Å². The van der Waals surface area contributed by atoms with E-state index in [1.165, 1.54) is 11.9 Å². The van der Waals surface area contributed by atoms with Gasteiger partial charge in [-0.25, -0.2) is 0 Å². The van der Waals surface area contributed by atoms with Crippen LogP contribution in [0.1, 0.15) is 35.7 Å². The van der Waals surface area contributed by atoms with Gasteiger partial charge in [0.05, 0.1) is 0 Å². The fourth-order valence-electron chi connectivity index (χ4n) is 1.35. The molecule has 0 heterocycles. The number of hydrogen-bond donors (Lipinski definition) is 1. The molecule has 1 amide bonds. The minimum absolute atomic E-state index is 0.0122. The molecule has 0 unspecified atom stereocenters. The van der Waals surface area contributed by atoms with E-state index in [-0.39, 0.29) is 5.91 Å². The number of rotatable bonds is 3. The van der Waals surface area contributed by atoms with Crippen LogP contribution in [0.15, 0.2) is 24.3 Å². The van der Waals surface area contributed by atoms with Crippen LogP contribution in [0.3, 0.4) is 0 Å². The second kappa shape index (κ2) is 5.05. The molecule has 14 heavy (non-hydrogen) atoms. The summed E-state index contributed by atoms with van der Waals surface area (Å²) in [4.78, 5) is 11.6. The van der Waals surface area contributed by atoms with Crippen LogP contribution in [0.2, 0.25) is 0 Å². The van der Waals surface area contributed by atoms with Crippen molar-refractivity contribution in [3.8, 4) is 0 Å². The van der Waals surface area contributed by atoms with Crippen LogP contribution in [0.5, 0.6) is 0 Å². The summed E-state index contributed by atoms with van der Waals surface area (Å²) in [6.45, 7) is 4.18. The van der Waals surface area contributed by atoms with Gasteiger partial charge in [0, 0.05) is 11.8 Å². The van der Waals surface area contributed by atoms with Crippen molar-refractivity contribution < 1.29 is 4.79 Å². The molecule has 0 saturated carbocycles. The topological polar surface area (TPSA) is 29.1 Å². The predicted octanol–water partition coefficient (Wildman–Crippen LogP) is 2.82. The van der Waals surface area contributed by atoms with E-state index in [0.717, 1.165) is 11.1 Å². The maximum Gasteiger partial charge on any atom is 0.261 e. The minimum atomic E-state index is -0.0122. The van der Waals surface area contributed by atoms with Crippen molar-refractivity contribution in [2.45, 2.75) is 19.8 Å². The maximum atomic E-state index is 11.6. The van der Waals surface area contributed by atoms with E-state index in [0.29, 0.717) is 5.92 Å². The molecule has 0 aliphatic carbocycles. The van der Waals surface area contributed by atoms with Crippen LogP contribution < -0.4 is 4.72 Å². The summed E-state index contributed by atoms with van der Waals surface area (Å²) in [7, 11) is 0. The second-order valence-corrected chi connectivity index (χ2v) is 3.99. The van der Waals surface area contributed by atoms with Crippen LogP contribution >= 0.6 is 11.9 Å². The zero-order chi connectivity index (χ0) is 10.6. The summed E-state index contributed by atoms with van der Waals surface area (Å²) in [6, 6.07) is 7.72. The maximum absolute atomic E-state index is 11.6. The molecule has 76 valence electrons. The molecule has 0 radical (unpaired) electrons. The Kier molecular flexibility index (Phi) is 4.01. The third-order valence-corrected chi connectivity index (χ3v) is 2.41. The molecular formula is C11H15NOS. The molecule has 0 aliphatic rings. The Morgan fingerprint density at radius 3 is 2.57 bits per heavy atom. The molecule has 0 saturated heterocycles. The Labute approximate surface area is 89.2 Å². The van der Waals surface area contributed by atoms with Gasteiger partial charge < -0.3 is 0 Å². The predicted molar refractivity (Wildman–Crippen MR) is 61.5 cm³/mol. The van der Waals surface area contributed by atoms with Crippen LogP contribution in [-0.2, 0) is 0 Å². The quantitative estimate of drug-likeness (QED) is 0.776. The summed E-state index contributed by atoms with van der Waals surface area (Å²) in [5, 5.41) is 0. The van der Waals surface area contributed by atoms with Crippen molar-refractivity contribution >= 4 is 17.9 Å². The molecule has 1 N–H and O–H groups in total. The summed E-state index contributed by atoms with van der Waals surface area (Å²) in [6.07, 6.45) is 1.84. The van der Waals surface area contributed by atoms with Crippen molar-refractivity contribution in [3.63, 3.8) is 0 Å². The number of amides is 1. The SMILES string of the molecule is CSNC(=O)c1ccccc1C(C)C. The molecule has 0 bridgehead atoms. The monoisotopic (exact) mass is 209 g/mol. The Balaban J connectivity index is 3.00. The third-order valence-electron chi connectivity index (χ3n) is 2.02. The third kappa shape index (κ3) is 2.51. The van der Waals surface area contributed by atoms with Crippen LogP contribution in [0.4, 0.5) is 0 Å². The molecule has 0 fully saturated rings. The highest BCUT2D eigenvalue weighted by Gasteiger charge is 2.11. The summed E-state index contributed by atoms with van der Waals surface area (Å²) in [5.74, 6) is 0.362. The average molecular weight is 209 g/mol. The fraction of sp³-hybridized carbons (Fsp3) is 0.364. The normalized spacial score (nSPS) is 10.3. The van der Waals surface area contributed by atoms with E-state index in [2.05, 4.69) is 18.6 Å². The molecule has 1 aromatic carbocycles. The van der Waals surface area contributed by atoms with E-state index in [1.54, 1.807) is 0 Å². The largest absolute Gasteiger partial charge is 0.296 e. The standard InChI is InChI=1S/C11H15NOS/c1-8(2)9-6-4-5-7-10(9)11(13)12-14-3/h4-8H,1-3H3,(H,12,13). The summed E-state index contributed by atoms with van der Waals surface area (Å²) in [5.41, 5.74) is 1.87. The van der Waals surface area contributed by atoms with Gasteiger partial charge in [0.25, 0.3) is 5.91 Å². The van der Waals surface area contributed by atoms with Crippen molar-refractivity contribution in [1.82, 2.24) is 4.72 Å². The van der Waals surface area contributed by atoms with E-state index in [1.807, 2.05) is 30.5 Å². The van der Waals surface area contributed by atoms with Gasteiger partial charge in [0.15, 0.2) is 0 Å². The molecule has 1 rings (SSSR count). The zero-order valence-corrected chi connectivity index (χ0v) is 9.52. The van der Waals surface area contributed by atoms with Gasteiger partial charge in [-0.15, -0.1) is 0 Å². The van der Waals surface area contributed by atoms with Gasteiger partial charge in [0.1, 0.15) is 0 Å². The number of hydrogen-bond acceptors (Lipinski definition) is 2. The molecule has 3 heteroatoms. The first-order chi connectivity index (χ1) is 6.66.